The van der Waals surface area contributed by atoms with E-state index in [0.717, 1.165) is 6.20 Å². The van der Waals surface area contributed by atoms with E-state index in [1.807, 2.05) is 13.8 Å². The predicted molar refractivity (Wildman–Crippen MR) is 69.0 cm³/mol. The van der Waals surface area contributed by atoms with Gasteiger partial charge in [-0.3, -0.25) is 14.6 Å². The topological polar surface area (TPSA) is 71.1 Å². The molecule has 19 heavy (non-hydrogen) atoms. The van der Waals surface area contributed by atoms with Gasteiger partial charge in [0.1, 0.15) is 0 Å². The molecule has 104 valence electrons. The van der Waals surface area contributed by atoms with Crippen LogP contribution in [0.3, 0.4) is 0 Å². The third-order valence-corrected chi connectivity index (χ3v) is 2.36. The minimum absolute atomic E-state index is 0.0717. The molecule has 2 N–H and O–H groups in total. The number of amides is 2. The number of halogens is 1. The molecule has 0 bridgehead atoms. The molecule has 0 unspecified atom stereocenters. The van der Waals surface area contributed by atoms with Crippen LogP contribution in [0.1, 0.15) is 30.6 Å². The van der Waals surface area contributed by atoms with E-state index < -0.39 is 11.7 Å². The SMILES string of the molecule is CC(C)CNC(=O)CCNC(=O)c1ccncc1F. The summed E-state index contributed by atoms with van der Waals surface area (Å²) in [6.45, 7) is 4.76. The first kappa shape index (κ1) is 15.1. The summed E-state index contributed by atoms with van der Waals surface area (Å²) in [4.78, 5) is 26.5. The van der Waals surface area contributed by atoms with E-state index in [1.165, 1.54) is 12.3 Å². The molecule has 6 heteroatoms. The van der Waals surface area contributed by atoms with Gasteiger partial charge < -0.3 is 10.6 Å². The summed E-state index contributed by atoms with van der Waals surface area (Å²) in [7, 11) is 0. The van der Waals surface area contributed by atoms with Crippen LogP contribution in [0, 0.1) is 11.7 Å². The average molecular weight is 267 g/mol. The second-order valence-electron chi connectivity index (χ2n) is 4.56. The fourth-order valence-corrected chi connectivity index (χ4v) is 1.35. The molecule has 2 amide bonds. The summed E-state index contributed by atoms with van der Waals surface area (Å²) in [5.74, 6) is -0.977. The first-order chi connectivity index (χ1) is 9.00. The predicted octanol–water partition coefficient (Wildman–Crippen LogP) is 1.11. The molecule has 0 aliphatic rings. The van der Waals surface area contributed by atoms with Gasteiger partial charge in [0.25, 0.3) is 5.91 Å². The molecule has 0 saturated carbocycles. The van der Waals surface area contributed by atoms with Gasteiger partial charge in [0, 0.05) is 25.7 Å². The summed E-state index contributed by atoms with van der Waals surface area (Å²) in [5.41, 5.74) is -0.0717. The molecule has 0 radical (unpaired) electrons. The number of carbonyl (C=O) groups is 2. The summed E-state index contributed by atoms with van der Waals surface area (Å²) < 4.78 is 13.2. The van der Waals surface area contributed by atoms with Gasteiger partial charge in [0.15, 0.2) is 5.82 Å². The van der Waals surface area contributed by atoms with Crippen LogP contribution in [0.5, 0.6) is 0 Å². The lowest BCUT2D eigenvalue weighted by molar-refractivity contribution is -0.121. The van der Waals surface area contributed by atoms with E-state index in [2.05, 4.69) is 15.6 Å². The van der Waals surface area contributed by atoms with Crippen LogP contribution in [0.2, 0.25) is 0 Å². The number of pyridine rings is 1. The van der Waals surface area contributed by atoms with Crippen LogP contribution in [0.25, 0.3) is 0 Å². The van der Waals surface area contributed by atoms with Crippen molar-refractivity contribution in [3.8, 4) is 0 Å². The third kappa shape index (κ3) is 5.46. The second kappa shape index (κ2) is 7.45. The van der Waals surface area contributed by atoms with Crippen molar-refractivity contribution in [2.24, 2.45) is 5.92 Å². The van der Waals surface area contributed by atoms with Crippen LogP contribution < -0.4 is 10.6 Å². The zero-order valence-electron chi connectivity index (χ0n) is 11.1. The number of nitrogens with one attached hydrogen (secondary N) is 2. The van der Waals surface area contributed by atoms with E-state index in [0.29, 0.717) is 12.5 Å². The Balaban J connectivity index is 2.32. The van der Waals surface area contributed by atoms with E-state index in [9.17, 15) is 14.0 Å². The van der Waals surface area contributed by atoms with Crippen molar-refractivity contribution in [3.63, 3.8) is 0 Å². The molecule has 0 aliphatic heterocycles. The first-order valence-corrected chi connectivity index (χ1v) is 6.15. The molecule has 0 aliphatic carbocycles. The molecule has 0 saturated heterocycles. The highest BCUT2D eigenvalue weighted by Crippen LogP contribution is 2.03. The Bertz CT molecular complexity index is 449. The van der Waals surface area contributed by atoms with Crippen LogP contribution in [-0.2, 0) is 4.79 Å². The fourth-order valence-electron chi connectivity index (χ4n) is 1.35. The Labute approximate surface area is 111 Å². The lowest BCUT2D eigenvalue weighted by Crippen LogP contribution is -2.32. The van der Waals surface area contributed by atoms with Gasteiger partial charge in [-0.05, 0) is 12.0 Å². The monoisotopic (exact) mass is 267 g/mol. The highest BCUT2D eigenvalue weighted by Gasteiger charge is 2.11. The van der Waals surface area contributed by atoms with Crippen LogP contribution in [0.4, 0.5) is 4.39 Å². The number of rotatable bonds is 6. The van der Waals surface area contributed by atoms with Gasteiger partial charge in [-0.15, -0.1) is 0 Å². The van der Waals surface area contributed by atoms with Crippen LogP contribution >= 0.6 is 0 Å². The average Bonchev–Trinajstić information content (AvgIpc) is 2.36. The highest BCUT2D eigenvalue weighted by atomic mass is 19.1. The number of nitrogens with zero attached hydrogens (tertiary/aromatic N) is 1. The van der Waals surface area contributed by atoms with Crippen molar-refractivity contribution in [2.45, 2.75) is 20.3 Å². The largest absolute Gasteiger partial charge is 0.356 e. The maximum absolute atomic E-state index is 13.2. The summed E-state index contributed by atoms with van der Waals surface area (Å²) in [6.07, 6.45) is 2.49. The normalized spacial score (nSPS) is 10.3. The van der Waals surface area contributed by atoms with Crippen molar-refractivity contribution in [3.05, 3.63) is 29.8 Å². The fraction of sp³-hybridized carbons (Fsp3) is 0.462. The number of carbonyl (C=O) groups excluding carboxylic acids is 2. The summed E-state index contributed by atoms with van der Waals surface area (Å²) in [6, 6.07) is 1.30. The van der Waals surface area contributed by atoms with E-state index >= 15 is 0 Å². The van der Waals surface area contributed by atoms with Crippen LogP contribution in [0.15, 0.2) is 18.5 Å². The molecular formula is C13H18FN3O2. The van der Waals surface area contributed by atoms with Crippen molar-refractivity contribution in [2.75, 3.05) is 13.1 Å². The molecule has 0 aromatic carbocycles. The smallest absolute Gasteiger partial charge is 0.254 e. The lowest BCUT2D eigenvalue weighted by Gasteiger charge is -2.08. The van der Waals surface area contributed by atoms with Gasteiger partial charge in [0.2, 0.25) is 5.91 Å². The van der Waals surface area contributed by atoms with Gasteiger partial charge in [-0.1, -0.05) is 13.8 Å². The molecule has 0 atom stereocenters. The Morgan fingerprint density at radius 3 is 2.74 bits per heavy atom. The Morgan fingerprint density at radius 1 is 1.37 bits per heavy atom. The minimum atomic E-state index is -0.677. The Morgan fingerprint density at radius 2 is 2.11 bits per heavy atom. The first-order valence-electron chi connectivity index (χ1n) is 6.15. The number of aromatic nitrogens is 1. The molecule has 1 aromatic heterocycles. The summed E-state index contributed by atoms with van der Waals surface area (Å²) >= 11 is 0. The molecule has 1 rings (SSSR count). The quantitative estimate of drug-likeness (QED) is 0.811. The van der Waals surface area contributed by atoms with Gasteiger partial charge in [0.05, 0.1) is 11.8 Å². The number of hydrogen-bond donors (Lipinski definition) is 2. The van der Waals surface area contributed by atoms with Crippen molar-refractivity contribution in [1.29, 1.82) is 0 Å². The van der Waals surface area contributed by atoms with E-state index in [4.69, 9.17) is 0 Å². The molecular weight excluding hydrogens is 249 g/mol. The lowest BCUT2D eigenvalue weighted by atomic mass is 10.2. The minimum Gasteiger partial charge on any atom is -0.356 e. The molecule has 5 nitrogen and oxygen atoms in total. The van der Waals surface area contributed by atoms with Crippen LogP contribution in [-0.4, -0.2) is 29.9 Å². The van der Waals surface area contributed by atoms with Gasteiger partial charge >= 0.3 is 0 Å². The third-order valence-electron chi connectivity index (χ3n) is 2.36. The molecule has 1 aromatic rings. The second-order valence-corrected chi connectivity index (χ2v) is 4.56. The summed E-state index contributed by atoms with van der Waals surface area (Å²) in [5, 5.41) is 5.22. The Kier molecular flexibility index (Phi) is 5.92. The molecule has 1 heterocycles. The maximum atomic E-state index is 13.2. The van der Waals surface area contributed by atoms with Crippen molar-refractivity contribution >= 4 is 11.8 Å². The highest BCUT2D eigenvalue weighted by molar-refractivity contribution is 5.94. The zero-order chi connectivity index (χ0) is 14.3. The molecule has 0 spiro atoms. The van der Waals surface area contributed by atoms with Gasteiger partial charge in [-0.25, -0.2) is 4.39 Å². The van der Waals surface area contributed by atoms with E-state index in [1.54, 1.807) is 0 Å². The maximum Gasteiger partial charge on any atom is 0.254 e. The van der Waals surface area contributed by atoms with E-state index in [-0.39, 0.29) is 24.4 Å². The van der Waals surface area contributed by atoms with Gasteiger partial charge in [-0.2, -0.15) is 0 Å². The van der Waals surface area contributed by atoms with Crippen molar-refractivity contribution in [1.82, 2.24) is 15.6 Å². The standard InChI is InChI=1S/C13H18FN3O2/c1-9(2)7-17-12(18)4-6-16-13(19)10-3-5-15-8-11(10)14/h3,5,8-9H,4,6-7H2,1-2H3,(H,16,19)(H,17,18). The number of hydrogen-bond acceptors (Lipinski definition) is 3. The van der Waals surface area contributed by atoms with Crippen molar-refractivity contribution < 1.29 is 14.0 Å². The Hall–Kier alpha value is -1.98. The molecule has 0 fully saturated rings. The zero-order valence-corrected chi connectivity index (χ0v) is 11.1.